The highest BCUT2D eigenvalue weighted by Gasteiger charge is 2.16. The normalized spacial score (nSPS) is 11.3. The number of nitrogens with zero attached hydrogens (tertiary/aromatic N) is 4. The average molecular weight is 839 g/mol. The van der Waals surface area contributed by atoms with Crippen molar-refractivity contribution in [2.75, 3.05) is 0 Å². The van der Waals surface area contributed by atoms with Crippen LogP contribution in [0, 0.1) is 11.3 Å². The Balaban J connectivity index is 0.871. The maximum absolute atomic E-state index is 9.99. The van der Waals surface area contributed by atoms with Gasteiger partial charge in [-0.05, 0) is 112 Å². The summed E-state index contributed by atoms with van der Waals surface area (Å²) in [6.45, 7) is 0. The first-order valence-electron chi connectivity index (χ1n) is 22.1. The molecule has 0 saturated carbocycles. The molecule has 0 saturated heterocycles. The maximum atomic E-state index is 9.99. The number of hydrogen-bond acceptors (Lipinski definition) is 4. The fourth-order valence-electron chi connectivity index (χ4n) is 9.38. The van der Waals surface area contributed by atoms with Gasteiger partial charge in [-0.3, -0.25) is 0 Å². The second-order valence-corrected chi connectivity index (χ2v) is 16.7. The van der Waals surface area contributed by atoms with E-state index in [9.17, 15) is 5.26 Å². The summed E-state index contributed by atoms with van der Waals surface area (Å²) < 4.78 is 0. The summed E-state index contributed by atoms with van der Waals surface area (Å²) in [7, 11) is 0. The third kappa shape index (κ3) is 7.02. The molecule has 0 N–H and O–H groups in total. The molecular weight excluding hydrogens is 801 g/mol. The summed E-state index contributed by atoms with van der Waals surface area (Å²) >= 11 is 0. The summed E-state index contributed by atoms with van der Waals surface area (Å²) in [4.78, 5) is 15.2. The SMILES string of the molecule is N#Cc1ccc(-c2ccc(-c3ccc(-c4nc(-c5ccccc5)nc(-c5cccc6c5ccc5ccccc56)n4)cc3)cc2)c(-c2cccc(-c3ccc4ccc5ccccc5c4c3)c2)c1. The van der Waals surface area contributed by atoms with Crippen molar-refractivity contribution in [2.45, 2.75) is 0 Å². The van der Waals surface area contributed by atoms with Crippen molar-refractivity contribution < 1.29 is 0 Å². The molecule has 66 heavy (non-hydrogen) atoms. The first kappa shape index (κ1) is 38.6. The fourth-order valence-corrected chi connectivity index (χ4v) is 9.38. The molecule has 306 valence electrons. The molecule has 0 aliphatic carbocycles. The topological polar surface area (TPSA) is 62.5 Å². The lowest BCUT2D eigenvalue weighted by atomic mass is 9.90. The molecule has 0 atom stereocenters. The molecular formula is C62H38N4. The Hall–Kier alpha value is -9.04. The van der Waals surface area contributed by atoms with Gasteiger partial charge in [0.1, 0.15) is 0 Å². The second-order valence-electron chi connectivity index (χ2n) is 16.7. The first-order chi connectivity index (χ1) is 32.6. The van der Waals surface area contributed by atoms with E-state index in [0.29, 0.717) is 23.0 Å². The first-order valence-corrected chi connectivity index (χ1v) is 22.1. The monoisotopic (exact) mass is 838 g/mol. The fraction of sp³-hybridized carbons (Fsp3) is 0. The summed E-state index contributed by atoms with van der Waals surface area (Å²) in [5.74, 6) is 1.88. The zero-order valence-electron chi connectivity index (χ0n) is 35.7. The van der Waals surface area contributed by atoms with Gasteiger partial charge in [-0.1, -0.05) is 206 Å². The summed E-state index contributed by atoms with van der Waals surface area (Å²) in [5.41, 5.74) is 12.1. The van der Waals surface area contributed by atoms with Gasteiger partial charge in [0.25, 0.3) is 0 Å². The minimum Gasteiger partial charge on any atom is -0.208 e. The smallest absolute Gasteiger partial charge is 0.164 e. The van der Waals surface area contributed by atoms with E-state index in [-0.39, 0.29) is 0 Å². The molecule has 1 heterocycles. The highest BCUT2D eigenvalue weighted by molar-refractivity contribution is 6.12. The summed E-state index contributed by atoms with van der Waals surface area (Å²) in [6.07, 6.45) is 0. The third-order valence-electron chi connectivity index (χ3n) is 12.8. The molecule has 0 radical (unpaired) electrons. The van der Waals surface area contributed by atoms with Crippen molar-refractivity contribution in [1.82, 2.24) is 15.0 Å². The quantitative estimate of drug-likeness (QED) is 0.150. The minimum atomic E-state index is 0.616. The third-order valence-corrected chi connectivity index (χ3v) is 12.8. The number of fused-ring (bicyclic) bond motifs is 6. The van der Waals surface area contributed by atoms with Gasteiger partial charge in [0, 0.05) is 16.7 Å². The van der Waals surface area contributed by atoms with Crippen molar-refractivity contribution in [3.8, 4) is 84.7 Å². The molecule has 4 nitrogen and oxygen atoms in total. The molecule has 0 unspecified atom stereocenters. The Morgan fingerprint density at radius 1 is 0.258 bits per heavy atom. The Kier molecular flexibility index (Phi) is 9.51. The molecule has 0 fully saturated rings. The van der Waals surface area contributed by atoms with Crippen molar-refractivity contribution in [1.29, 1.82) is 5.26 Å². The van der Waals surface area contributed by atoms with Gasteiger partial charge in [-0.25, -0.2) is 15.0 Å². The highest BCUT2D eigenvalue weighted by atomic mass is 15.0. The number of rotatable bonds is 7. The van der Waals surface area contributed by atoms with Crippen molar-refractivity contribution >= 4 is 43.1 Å². The van der Waals surface area contributed by atoms with E-state index in [4.69, 9.17) is 15.0 Å². The zero-order valence-corrected chi connectivity index (χ0v) is 35.7. The standard InChI is InChI=1S/C62H38N4/c63-39-40-20-34-54(58(36-40)51-15-8-14-49(37-51)50-32-29-46-28-27-43-10-5-7-17-53(43)59(46)38-50)45-25-21-41(22-26-45)42-23-30-48(31-24-42)61-64-60(47-12-2-1-3-13-47)65-62(66-61)57-19-9-18-55-52-16-6-4-11-44(52)33-35-56(55)57/h1-38H. The molecule has 0 aliphatic rings. The zero-order chi connectivity index (χ0) is 44.0. The number of aromatic nitrogens is 3. The van der Waals surface area contributed by atoms with Gasteiger partial charge in [0.15, 0.2) is 17.5 Å². The van der Waals surface area contributed by atoms with Crippen molar-refractivity contribution in [3.63, 3.8) is 0 Å². The lowest BCUT2D eigenvalue weighted by Gasteiger charge is -2.14. The van der Waals surface area contributed by atoms with E-state index in [1.54, 1.807) is 0 Å². The van der Waals surface area contributed by atoms with Gasteiger partial charge in [-0.2, -0.15) is 5.26 Å². The van der Waals surface area contributed by atoms with Crippen LogP contribution in [0.2, 0.25) is 0 Å². The van der Waals surface area contributed by atoms with Gasteiger partial charge in [0.05, 0.1) is 11.6 Å². The Bertz CT molecular complexity index is 3870. The van der Waals surface area contributed by atoms with Gasteiger partial charge in [0.2, 0.25) is 0 Å². The van der Waals surface area contributed by atoms with Crippen LogP contribution in [-0.2, 0) is 0 Å². The van der Waals surface area contributed by atoms with E-state index in [2.05, 4.69) is 194 Å². The van der Waals surface area contributed by atoms with Gasteiger partial charge in [-0.15, -0.1) is 0 Å². The van der Waals surface area contributed by atoms with Gasteiger partial charge >= 0.3 is 0 Å². The second kappa shape index (κ2) is 16.3. The average Bonchev–Trinajstić information content (AvgIpc) is 3.40. The minimum absolute atomic E-state index is 0.616. The maximum Gasteiger partial charge on any atom is 0.164 e. The lowest BCUT2D eigenvalue weighted by molar-refractivity contribution is 1.08. The van der Waals surface area contributed by atoms with Crippen LogP contribution < -0.4 is 0 Å². The molecule has 12 rings (SSSR count). The summed E-state index contributed by atoms with van der Waals surface area (Å²) in [5, 5.41) is 19.6. The van der Waals surface area contributed by atoms with Crippen LogP contribution in [-0.4, -0.2) is 15.0 Å². The van der Waals surface area contributed by atoms with Crippen LogP contribution in [0.15, 0.2) is 231 Å². The molecule has 0 amide bonds. The van der Waals surface area contributed by atoms with Gasteiger partial charge < -0.3 is 0 Å². The van der Waals surface area contributed by atoms with E-state index in [0.717, 1.165) is 66.6 Å². The van der Waals surface area contributed by atoms with E-state index in [1.807, 2.05) is 42.5 Å². The number of nitriles is 1. The van der Waals surface area contributed by atoms with Crippen LogP contribution in [0.5, 0.6) is 0 Å². The Morgan fingerprint density at radius 2 is 0.758 bits per heavy atom. The van der Waals surface area contributed by atoms with Crippen LogP contribution in [0.3, 0.4) is 0 Å². The highest BCUT2D eigenvalue weighted by Crippen LogP contribution is 2.38. The molecule has 0 spiro atoms. The Labute approximate surface area is 382 Å². The van der Waals surface area contributed by atoms with Crippen molar-refractivity contribution in [3.05, 3.63) is 236 Å². The number of benzene rings is 11. The van der Waals surface area contributed by atoms with Crippen LogP contribution in [0.1, 0.15) is 5.56 Å². The van der Waals surface area contributed by atoms with E-state index >= 15 is 0 Å². The van der Waals surface area contributed by atoms with Crippen molar-refractivity contribution in [2.24, 2.45) is 0 Å². The summed E-state index contributed by atoms with van der Waals surface area (Å²) in [6, 6.07) is 83.1. The van der Waals surface area contributed by atoms with E-state index < -0.39 is 0 Å². The molecule has 0 aliphatic heterocycles. The predicted octanol–water partition coefficient (Wildman–Crippen LogP) is 16.0. The molecule has 4 heteroatoms. The van der Waals surface area contributed by atoms with Crippen LogP contribution in [0.4, 0.5) is 0 Å². The molecule has 12 aromatic rings. The molecule has 11 aromatic carbocycles. The van der Waals surface area contributed by atoms with E-state index in [1.165, 1.54) is 37.7 Å². The number of hydrogen-bond donors (Lipinski definition) is 0. The largest absolute Gasteiger partial charge is 0.208 e. The lowest BCUT2D eigenvalue weighted by Crippen LogP contribution is -2.00. The molecule has 0 bridgehead atoms. The Morgan fingerprint density at radius 3 is 1.48 bits per heavy atom. The molecule has 1 aromatic heterocycles. The van der Waals surface area contributed by atoms with Crippen LogP contribution in [0.25, 0.3) is 122 Å². The van der Waals surface area contributed by atoms with Crippen LogP contribution >= 0.6 is 0 Å². The predicted molar refractivity (Wildman–Crippen MR) is 273 cm³/mol.